The fourth-order valence-electron chi connectivity index (χ4n) is 2.73. The third-order valence-electron chi connectivity index (χ3n) is 4.20. The van der Waals surface area contributed by atoms with Gasteiger partial charge in [-0.15, -0.1) is 0 Å². The molecule has 0 saturated heterocycles. The van der Waals surface area contributed by atoms with E-state index < -0.39 is 11.9 Å². The minimum absolute atomic E-state index is 0.135. The Labute approximate surface area is 152 Å². The van der Waals surface area contributed by atoms with Crippen LogP contribution in [-0.4, -0.2) is 62.8 Å². The molecule has 2 aromatic heterocycles. The Bertz CT molecular complexity index is 787. The van der Waals surface area contributed by atoms with Crippen molar-refractivity contribution in [3.05, 3.63) is 29.2 Å². The molecule has 26 heavy (non-hydrogen) atoms. The van der Waals surface area contributed by atoms with E-state index in [4.69, 9.17) is 4.74 Å². The molecule has 142 valence electrons. The van der Waals surface area contributed by atoms with Crippen molar-refractivity contribution in [3.63, 3.8) is 0 Å². The Hall–Kier alpha value is -2.48. The van der Waals surface area contributed by atoms with E-state index >= 15 is 0 Å². The normalized spacial score (nSPS) is 12.3. The molecule has 0 radical (unpaired) electrons. The zero-order valence-electron chi connectivity index (χ0n) is 15.7. The van der Waals surface area contributed by atoms with Crippen LogP contribution in [0, 0.1) is 19.8 Å². The number of nitrogens with zero attached hydrogens (tertiary/aromatic N) is 4. The van der Waals surface area contributed by atoms with Gasteiger partial charge in [0.25, 0.3) is 5.91 Å². The lowest BCUT2D eigenvalue weighted by Crippen LogP contribution is -2.38. The second-order valence-electron chi connectivity index (χ2n) is 6.35. The number of hydrogen-bond donors (Lipinski definition) is 1. The van der Waals surface area contributed by atoms with Gasteiger partial charge >= 0.3 is 5.97 Å². The fourth-order valence-corrected chi connectivity index (χ4v) is 2.73. The summed E-state index contributed by atoms with van der Waals surface area (Å²) < 4.78 is 6.97. The fraction of sp³-hybridized carbons (Fsp3) is 0.556. The number of aryl methyl sites for hydroxylation is 2. The summed E-state index contributed by atoms with van der Waals surface area (Å²) >= 11 is 0. The lowest BCUT2D eigenvalue weighted by Gasteiger charge is -2.25. The van der Waals surface area contributed by atoms with Gasteiger partial charge in [0.15, 0.2) is 5.65 Å². The van der Waals surface area contributed by atoms with Crippen LogP contribution in [0.1, 0.15) is 42.0 Å². The molecule has 0 fully saturated rings. The molecule has 0 saturated carbocycles. The molecule has 0 aliphatic heterocycles. The molecule has 1 atom stereocenters. The van der Waals surface area contributed by atoms with Crippen molar-refractivity contribution in [1.82, 2.24) is 19.5 Å². The molecule has 0 bridgehead atoms. The van der Waals surface area contributed by atoms with Crippen molar-refractivity contribution in [2.45, 2.75) is 34.1 Å². The maximum absolute atomic E-state index is 13.0. The first-order chi connectivity index (χ1) is 12.3. The highest BCUT2D eigenvalue weighted by molar-refractivity contribution is 5.95. The molecule has 0 aliphatic carbocycles. The maximum Gasteiger partial charge on any atom is 0.308 e. The summed E-state index contributed by atoms with van der Waals surface area (Å²) in [4.78, 5) is 30.1. The molecule has 1 unspecified atom stereocenters. The summed E-state index contributed by atoms with van der Waals surface area (Å²) in [7, 11) is 0. The molecule has 2 aromatic rings. The molecule has 8 heteroatoms. The van der Waals surface area contributed by atoms with Crippen molar-refractivity contribution in [2.24, 2.45) is 5.92 Å². The highest BCUT2D eigenvalue weighted by atomic mass is 16.5. The van der Waals surface area contributed by atoms with Crippen LogP contribution in [0.5, 0.6) is 0 Å². The van der Waals surface area contributed by atoms with Gasteiger partial charge in [-0.3, -0.25) is 9.59 Å². The molecule has 0 aromatic carbocycles. The van der Waals surface area contributed by atoms with E-state index in [0.29, 0.717) is 43.1 Å². The van der Waals surface area contributed by atoms with Gasteiger partial charge in [-0.2, -0.15) is 5.10 Å². The molecule has 8 nitrogen and oxygen atoms in total. The van der Waals surface area contributed by atoms with Crippen LogP contribution < -0.4 is 0 Å². The second-order valence-corrected chi connectivity index (χ2v) is 6.35. The average Bonchev–Trinajstić information content (AvgIpc) is 2.98. The monoisotopic (exact) mass is 362 g/mol. The number of amides is 1. The number of fused-ring (bicyclic) bond motifs is 1. The number of carbonyl (C=O) groups excluding carboxylic acids is 1. The lowest BCUT2D eigenvalue weighted by molar-refractivity contribution is -0.141. The highest BCUT2D eigenvalue weighted by Gasteiger charge is 2.24. The number of carboxylic acid groups (broad SMARTS) is 1. The van der Waals surface area contributed by atoms with E-state index in [1.165, 1.54) is 6.20 Å². The summed E-state index contributed by atoms with van der Waals surface area (Å²) in [6, 6.07) is 1.84. The van der Waals surface area contributed by atoms with E-state index in [0.717, 1.165) is 5.69 Å². The minimum Gasteiger partial charge on any atom is -0.481 e. The predicted octanol–water partition coefficient (Wildman–Crippen LogP) is 1.94. The number of aliphatic carboxylic acids is 1. The quantitative estimate of drug-likeness (QED) is 0.685. The summed E-state index contributed by atoms with van der Waals surface area (Å²) in [6.07, 6.45) is 2.18. The Morgan fingerprint density at radius 2 is 2.12 bits per heavy atom. The van der Waals surface area contributed by atoms with Gasteiger partial charge in [-0.1, -0.05) is 6.92 Å². The van der Waals surface area contributed by atoms with Gasteiger partial charge in [0.05, 0.1) is 22.9 Å². The zero-order chi connectivity index (χ0) is 19.3. The third kappa shape index (κ3) is 4.57. The summed E-state index contributed by atoms with van der Waals surface area (Å²) in [5.41, 5.74) is 2.61. The zero-order valence-corrected chi connectivity index (χ0v) is 15.7. The van der Waals surface area contributed by atoms with Crippen LogP contribution in [0.3, 0.4) is 0 Å². The Morgan fingerprint density at radius 3 is 2.77 bits per heavy atom. The number of aromatic nitrogens is 3. The first-order valence-electron chi connectivity index (χ1n) is 8.77. The smallest absolute Gasteiger partial charge is 0.308 e. The van der Waals surface area contributed by atoms with Crippen LogP contribution in [0.25, 0.3) is 5.65 Å². The Kier molecular flexibility index (Phi) is 6.68. The molecule has 0 spiro atoms. The number of carboxylic acids is 1. The van der Waals surface area contributed by atoms with Crippen LogP contribution in [0.4, 0.5) is 0 Å². The van der Waals surface area contributed by atoms with Crippen molar-refractivity contribution in [1.29, 1.82) is 0 Å². The van der Waals surface area contributed by atoms with Crippen LogP contribution in [0.15, 0.2) is 12.3 Å². The predicted molar refractivity (Wildman–Crippen MR) is 96.3 cm³/mol. The maximum atomic E-state index is 13.0. The van der Waals surface area contributed by atoms with E-state index in [9.17, 15) is 14.7 Å². The standard InChI is InChI=1S/C18H26N4O4/c1-5-26-8-6-7-21(11-12(2)18(24)25)17(23)15-10-19-16-9-13(3)20-22(16)14(15)4/h9-10,12H,5-8,11H2,1-4H3,(H,24,25). The Balaban J connectivity index is 2.26. The molecule has 2 rings (SSSR count). The molecule has 2 heterocycles. The van der Waals surface area contributed by atoms with Gasteiger partial charge in [0.2, 0.25) is 0 Å². The van der Waals surface area contributed by atoms with Crippen LogP contribution in [-0.2, 0) is 9.53 Å². The van der Waals surface area contributed by atoms with E-state index in [-0.39, 0.29) is 12.5 Å². The van der Waals surface area contributed by atoms with E-state index in [1.54, 1.807) is 16.3 Å². The number of hydrogen-bond acceptors (Lipinski definition) is 5. The van der Waals surface area contributed by atoms with Gasteiger partial charge in [-0.25, -0.2) is 9.50 Å². The number of rotatable bonds is 9. The van der Waals surface area contributed by atoms with Gasteiger partial charge in [0, 0.05) is 38.6 Å². The van der Waals surface area contributed by atoms with Crippen LogP contribution >= 0.6 is 0 Å². The SMILES string of the molecule is CCOCCCN(CC(C)C(=O)O)C(=O)c1cnc2cc(C)nn2c1C. The average molecular weight is 362 g/mol. The van der Waals surface area contributed by atoms with Crippen molar-refractivity contribution >= 4 is 17.5 Å². The Morgan fingerprint density at radius 1 is 1.38 bits per heavy atom. The molecular formula is C18H26N4O4. The van der Waals surface area contributed by atoms with Gasteiger partial charge in [-0.05, 0) is 27.2 Å². The van der Waals surface area contributed by atoms with Crippen molar-refractivity contribution in [3.8, 4) is 0 Å². The molecule has 1 N–H and O–H groups in total. The molecular weight excluding hydrogens is 336 g/mol. The first-order valence-corrected chi connectivity index (χ1v) is 8.77. The summed E-state index contributed by atoms with van der Waals surface area (Å²) in [6.45, 7) is 8.87. The largest absolute Gasteiger partial charge is 0.481 e. The first kappa shape index (κ1) is 19.8. The van der Waals surface area contributed by atoms with E-state index in [1.807, 2.05) is 26.8 Å². The highest BCUT2D eigenvalue weighted by Crippen LogP contribution is 2.15. The molecule has 1 amide bonds. The number of carbonyl (C=O) groups is 2. The topological polar surface area (TPSA) is 97.0 Å². The molecule has 0 aliphatic rings. The second kappa shape index (κ2) is 8.75. The van der Waals surface area contributed by atoms with Gasteiger partial charge < -0.3 is 14.7 Å². The number of ether oxygens (including phenoxy) is 1. The van der Waals surface area contributed by atoms with Gasteiger partial charge in [0.1, 0.15) is 0 Å². The van der Waals surface area contributed by atoms with Crippen molar-refractivity contribution in [2.75, 3.05) is 26.3 Å². The summed E-state index contributed by atoms with van der Waals surface area (Å²) in [5, 5.41) is 13.6. The lowest BCUT2D eigenvalue weighted by atomic mass is 10.1. The van der Waals surface area contributed by atoms with Crippen molar-refractivity contribution < 1.29 is 19.4 Å². The van der Waals surface area contributed by atoms with Crippen LogP contribution in [0.2, 0.25) is 0 Å². The summed E-state index contributed by atoms with van der Waals surface area (Å²) in [5.74, 6) is -1.83. The van der Waals surface area contributed by atoms with E-state index in [2.05, 4.69) is 10.1 Å². The minimum atomic E-state index is -0.930. The third-order valence-corrected chi connectivity index (χ3v) is 4.20.